The summed E-state index contributed by atoms with van der Waals surface area (Å²) in [6, 6.07) is 11.7. The Labute approximate surface area is 113 Å². The molecule has 0 bridgehead atoms. The highest BCUT2D eigenvalue weighted by molar-refractivity contribution is 5.28. The minimum absolute atomic E-state index is 0.184. The first-order chi connectivity index (χ1) is 9.72. The maximum absolute atomic E-state index is 13.1. The van der Waals surface area contributed by atoms with Gasteiger partial charge in [-0.2, -0.15) is 15.0 Å². The fourth-order valence-electron chi connectivity index (χ4n) is 1.85. The van der Waals surface area contributed by atoms with Gasteiger partial charge in [0, 0.05) is 12.3 Å². The topological polar surface area (TPSA) is 52.7 Å². The van der Waals surface area contributed by atoms with Crippen molar-refractivity contribution in [2.24, 2.45) is 0 Å². The van der Waals surface area contributed by atoms with Gasteiger partial charge in [0.2, 0.25) is 0 Å². The predicted octanol–water partition coefficient (Wildman–Crippen LogP) is 1.62. The van der Waals surface area contributed by atoms with Crippen LogP contribution in [0.1, 0.15) is 5.69 Å². The number of benzene rings is 1. The number of hydrogen-bond donors (Lipinski definition) is 0. The van der Waals surface area contributed by atoms with Crippen LogP contribution in [0.5, 0.6) is 0 Å². The van der Waals surface area contributed by atoms with Crippen LogP contribution in [0.25, 0.3) is 5.69 Å². The molecule has 0 unspecified atom stereocenters. The summed E-state index contributed by atoms with van der Waals surface area (Å²) in [4.78, 5) is 13.1. The van der Waals surface area contributed by atoms with Crippen LogP contribution in [0.15, 0.2) is 59.7 Å². The third-order valence-electron chi connectivity index (χ3n) is 2.81. The Balaban J connectivity index is 1.88. The van der Waals surface area contributed by atoms with E-state index in [1.807, 2.05) is 30.3 Å². The molecule has 0 aliphatic carbocycles. The van der Waals surface area contributed by atoms with Crippen LogP contribution >= 0.6 is 0 Å². The van der Waals surface area contributed by atoms with E-state index in [1.165, 1.54) is 15.4 Å². The highest BCUT2D eigenvalue weighted by atomic mass is 19.1. The molecule has 0 radical (unpaired) electrons. The maximum Gasteiger partial charge on any atom is 0.251 e. The fraction of sp³-hybridized carbons (Fsp3) is 0.0714. The molecule has 0 aliphatic heterocycles. The molecule has 0 N–H and O–H groups in total. The zero-order chi connectivity index (χ0) is 13.9. The van der Waals surface area contributed by atoms with Crippen LogP contribution in [0.3, 0.4) is 0 Å². The number of pyridine rings is 1. The molecule has 0 spiro atoms. The van der Waals surface area contributed by atoms with Gasteiger partial charge in [0.15, 0.2) is 0 Å². The molecule has 0 saturated heterocycles. The van der Waals surface area contributed by atoms with Gasteiger partial charge in [0.1, 0.15) is 11.5 Å². The lowest BCUT2D eigenvalue weighted by Crippen LogP contribution is -2.19. The molecule has 3 aromatic rings. The number of para-hydroxylation sites is 1. The number of aromatic nitrogens is 4. The third kappa shape index (κ3) is 2.49. The summed E-state index contributed by atoms with van der Waals surface area (Å²) in [5, 5.41) is 8.40. The van der Waals surface area contributed by atoms with Crippen molar-refractivity contribution in [3.05, 3.63) is 76.7 Å². The minimum Gasteiger partial charge on any atom is -0.306 e. The van der Waals surface area contributed by atoms with Crippen molar-refractivity contribution in [2.45, 2.75) is 6.54 Å². The Kier molecular flexibility index (Phi) is 3.12. The molecule has 2 aromatic heterocycles. The molecular weight excluding hydrogens is 259 g/mol. The molecule has 2 heterocycles. The predicted molar refractivity (Wildman–Crippen MR) is 71.1 cm³/mol. The molecule has 1 aromatic carbocycles. The van der Waals surface area contributed by atoms with Gasteiger partial charge in [-0.1, -0.05) is 18.2 Å². The van der Waals surface area contributed by atoms with Crippen LogP contribution < -0.4 is 5.56 Å². The van der Waals surface area contributed by atoms with Gasteiger partial charge in [-0.25, -0.2) is 4.39 Å². The lowest BCUT2D eigenvalue weighted by molar-refractivity contribution is 0.592. The van der Waals surface area contributed by atoms with E-state index >= 15 is 0 Å². The normalized spacial score (nSPS) is 10.7. The molecule has 100 valence electrons. The van der Waals surface area contributed by atoms with E-state index in [2.05, 4.69) is 10.2 Å². The number of nitrogens with zero attached hydrogens (tertiary/aromatic N) is 4. The Bertz CT molecular complexity index is 779. The van der Waals surface area contributed by atoms with E-state index in [-0.39, 0.29) is 12.1 Å². The summed E-state index contributed by atoms with van der Waals surface area (Å²) in [5.74, 6) is -0.458. The Morgan fingerprint density at radius 1 is 1.10 bits per heavy atom. The lowest BCUT2D eigenvalue weighted by atomic mass is 10.3. The van der Waals surface area contributed by atoms with E-state index < -0.39 is 5.82 Å². The maximum atomic E-state index is 13.1. The Morgan fingerprint density at radius 2 is 1.90 bits per heavy atom. The van der Waals surface area contributed by atoms with E-state index in [0.717, 1.165) is 18.0 Å². The van der Waals surface area contributed by atoms with Crippen molar-refractivity contribution >= 4 is 0 Å². The molecular formula is C14H11FN4O. The van der Waals surface area contributed by atoms with Crippen LogP contribution in [-0.4, -0.2) is 19.6 Å². The second kappa shape index (κ2) is 5.08. The van der Waals surface area contributed by atoms with Gasteiger partial charge in [-0.3, -0.25) is 4.79 Å². The molecule has 20 heavy (non-hydrogen) atoms. The first kappa shape index (κ1) is 12.3. The summed E-state index contributed by atoms with van der Waals surface area (Å²) in [6.45, 7) is 0.184. The lowest BCUT2D eigenvalue weighted by Gasteiger charge is -2.02. The molecule has 3 rings (SSSR count). The van der Waals surface area contributed by atoms with E-state index in [9.17, 15) is 9.18 Å². The molecule has 0 atom stereocenters. The molecule has 6 heteroatoms. The average Bonchev–Trinajstić information content (AvgIpc) is 2.92. The van der Waals surface area contributed by atoms with Crippen molar-refractivity contribution in [2.75, 3.05) is 0 Å². The van der Waals surface area contributed by atoms with Gasteiger partial charge >= 0.3 is 0 Å². The number of hydrogen-bond acceptors (Lipinski definition) is 3. The van der Waals surface area contributed by atoms with E-state index in [0.29, 0.717) is 5.69 Å². The summed E-state index contributed by atoms with van der Waals surface area (Å²) in [7, 11) is 0. The standard InChI is InChI=1S/C14H11FN4O/c15-11-6-7-14(20)18(9-11)10-12-8-16-19(17-12)13-4-2-1-3-5-13/h1-9H,10H2. The fourth-order valence-corrected chi connectivity index (χ4v) is 1.85. The Morgan fingerprint density at radius 3 is 2.70 bits per heavy atom. The van der Waals surface area contributed by atoms with Crippen molar-refractivity contribution < 1.29 is 4.39 Å². The first-order valence-electron chi connectivity index (χ1n) is 6.05. The van der Waals surface area contributed by atoms with Crippen molar-refractivity contribution in [3.63, 3.8) is 0 Å². The van der Waals surface area contributed by atoms with Crippen LogP contribution in [0, 0.1) is 5.82 Å². The highest BCUT2D eigenvalue weighted by Crippen LogP contribution is 2.05. The van der Waals surface area contributed by atoms with Crippen molar-refractivity contribution in [3.8, 4) is 5.69 Å². The van der Waals surface area contributed by atoms with Gasteiger partial charge in [0.25, 0.3) is 5.56 Å². The minimum atomic E-state index is -0.458. The van der Waals surface area contributed by atoms with Gasteiger partial charge < -0.3 is 4.57 Å². The van der Waals surface area contributed by atoms with E-state index in [1.54, 1.807) is 6.20 Å². The highest BCUT2D eigenvalue weighted by Gasteiger charge is 2.05. The van der Waals surface area contributed by atoms with Crippen LogP contribution in [-0.2, 0) is 6.54 Å². The number of rotatable bonds is 3. The van der Waals surface area contributed by atoms with Crippen LogP contribution in [0.2, 0.25) is 0 Å². The van der Waals surface area contributed by atoms with Crippen molar-refractivity contribution in [1.82, 2.24) is 19.6 Å². The second-order valence-electron chi connectivity index (χ2n) is 4.27. The largest absolute Gasteiger partial charge is 0.306 e. The Hall–Kier alpha value is -2.76. The average molecular weight is 270 g/mol. The zero-order valence-electron chi connectivity index (χ0n) is 10.5. The van der Waals surface area contributed by atoms with Crippen LogP contribution in [0.4, 0.5) is 4.39 Å². The third-order valence-corrected chi connectivity index (χ3v) is 2.81. The number of halogens is 1. The molecule has 0 fully saturated rings. The zero-order valence-corrected chi connectivity index (χ0v) is 10.5. The second-order valence-corrected chi connectivity index (χ2v) is 4.27. The van der Waals surface area contributed by atoms with Gasteiger partial charge in [0.05, 0.1) is 18.4 Å². The summed E-state index contributed by atoms with van der Waals surface area (Å²) in [5.41, 5.74) is 1.13. The quantitative estimate of drug-likeness (QED) is 0.726. The molecule has 0 aliphatic rings. The van der Waals surface area contributed by atoms with E-state index in [4.69, 9.17) is 0 Å². The smallest absolute Gasteiger partial charge is 0.251 e. The van der Waals surface area contributed by atoms with Gasteiger partial charge in [-0.05, 0) is 18.2 Å². The SMILES string of the molecule is O=c1ccc(F)cn1Cc1cnn(-c2ccccc2)n1. The van der Waals surface area contributed by atoms with Crippen molar-refractivity contribution in [1.29, 1.82) is 0 Å². The summed E-state index contributed by atoms with van der Waals surface area (Å²) in [6.07, 6.45) is 2.72. The molecule has 0 saturated carbocycles. The summed E-state index contributed by atoms with van der Waals surface area (Å²) < 4.78 is 14.4. The summed E-state index contributed by atoms with van der Waals surface area (Å²) >= 11 is 0. The van der Waals surface area contributed by atoms with Gasteiger partial charge in [-0.15, -0.1) is 0 Å². The first-order valence-corrected chi connectivity index (χ1v) is 6.05. The molecule has 0 amide bonds. The monoisotopic (exact) mass is 270 g/mol. The molecule has 5 nitrogen and oxygen atoms in total.